The first-order valence-corrected chi connectivity index (χ1v) is 6.48. The van der Waals surface area contributed by atoms with Gasteiger partial charge in [0.05, 0.1) is 6.54 Å². The van der Waals surface area contributed by atoms with Crippen LogP contribution >= 0.6 is 24.0 Å². The number of nitrogens with one attached hydrogen (secondary N) is 2. The Morgan fingerprint density at radius 3 is 2.53 bits per heavy atom. The molecule has 0 radical (unpaired) electrons. The molecule has 1 aromatic heterocycles. The normalized spacial score (nSPS) is 11.3. The summed E-state index contributed by atoms with van der Waals surface area (Å²) in [4.78, 5) is 4.19. The standard InChI is InChI=1S/C12H24N6.HI/c1-5-10(6-2)7-14-12(13-3)15-8-11-17-16-9-18(11)4;/h9-10H,5-8H2,1-4H3,(H2,13,14,15);1H. The van der Waals surface area contributed by atoms with Crippen LogP contribution in [0, 0.1) is 5.92 Å². The van der Waals surface area contributed by atoms with E-state index < -0.39 is 0 Å². The van der Waals surface area contributed by atoms with Gasteiger partial charge in [-0.05, 0) is 5.92 Å². The Kier molecular flexibility index (Phi) is 9.54. The molecule has 1 heterocycles. The van der Waals surface area contributed by atoms with Gasteiger partial charge in [0.1, 0.15) is 6.33 Å². The molecule has 0 spiro atoms. The molecule has 7 heteroatoms. The van der Waals surface area contributed by atoms with Crippen molar-refractivity contribution in [2.75, 3.05) is 13.6 Å². The summed E-state index contributed by atoms with van der Waals surface area (Å²) in [6.07, 6.45) is 4.06. The van der Waals surface area contributed by atoms with Crippen LogP contribution in [0.1, 0.15) is 32.5 Å². The number of halogens is 1. The van der Waals surface area contributed by atoms with Crippen LogP contribution < -0.4 is 10.6 Å². The Morgan fingerprint density at radius 2 is 2.05 bits per heavy atom. The predicted octanol–water partition coefficient (Wildman–Crippen LogP) is 1.53. The lowest BCUT2D eigenvalue weighted by Gasteiger charge is -2.16. The van der Waals surface area contributed by atoms with Crippen LogP contribution in [0.5, 0.6) is 0 Å². The highest BCUT2D eigenvalue weighted by Crippen LogP contribution is 2.04. The number of aliphatic imine (C=N–C) groups is 1. The van der Waals surface area contributed by atoms with Crippen LogP contribution in [-0.4, -0.2) is 34.3 Å². The van der Waals surface area contributed by atoms with Gasteiger partial charge in [-0.2, -0.15) is 0 Å². The molecule has 0 atom stereocenters. The highest BCUT2D eigenvalue weighted by molar-refractivity contribution is 14.0. The Labute approximate surface area is 132 Å². The monoisotopic (exact) mass is 380 g/mol. The summed E-state index contributed by atoms with van der Waals surface area (Å²) in [5.74, 6) is 2.39. The second-order valence-electron chi connectivity index (χ2n) is 4.35. The number of rotatable bonds is 6. The molecule has 6 nitrogen and oxygen atoms in total. The quantitative estimate of drug-likeness (QED) is 0.446. The topological polar surface area (TPSA) is 67.1 Å². The average Bonchev–Trinajstić information content (AvgIpc) is 2.80. The zero-order valence-corrected chi connectivity index (χ0v) is 14.5. The van der Waals surface area contributed by atoms with Crippen LogP contribution in [0.2, 0.25) is 0 Å². The van der Waals surface area contributed by atoms with Crippen molar-refractivity contribution >= 4 is 29.9 Å². The van der Waals surface area contributed by atoms with Gasteiger partial charge in [-0.15, -0.1) is 34.2 Å². The minimum Gasteiger partial charge on any atom is -0.356 e. The summed E-state index contributed by atoms with van der Waals surface area (Å²) in [7, 11) is 3.70. The fourth-order valence-corrected chi connectivity index (χ4v) is 1.67. The maximum absolute atomic E-state index is 4.19. The lowest BCUT2D eigenvalue weighted by Crippen LogP contribution is -2.39. The van der Waals surface area contributed by atoms with Crippen molar-refractivity contribution in [3.8, 4) is 0 Å². The molecule has 1 aromatic rings. The van der Waals surface area contributed by atoms with Gasteiger partial charge in [0.2, 0.25) is 0 Å². The van der Waals surface area contributed by atoms with Gasteiger partial charge in [-0.25, -0.2) is 0 Å². The highest BCUT2D eigenvalue weighted by atomic mass is 127. The molecule has 0 saturated heterocycles. The first-order valence-electron chi connectivity index (χ1n) is 6.48. The van der Waals surface area contributed by atoms with Gasteiger partial charge >= 0.3 is 0 Å². The largest absolute Gasteiger partial charge is 0.356 e. The molecule has 0 aliphatic rings. The second-order valence-corrected chi connectivity index (χ2v) is 4.35. The lowest BCUT2D eigenvalue weighted by atomic mass is 10.0. The highest BCUT2D eigenvalue weighted by Gasteiger charge is 2.06. The third kappa shape index (κ3) is 6.22. The molecule has 1 rings (SSSR count). The maximum atomic E-state index is 4.19. The van der Waals surface area contributed by atoms with E-state index in [0.717, 1.165) is 18.3 Å². The van der Waals surface area contributed by atoms with Gasteiger partial charge in [0.15, 0.2) is 11.8 Å². The van der Waals surface area contributed by atoms with Crippen LogP contribution in [0.25, 0.3) is 0 Å². The van der Waals surface area contributed by atoms with Crippen LogP contribution in [0.15, 0.2) is 11.3 Å². The van der Waals surface area contributed by atoms with Gasteiger partial charge < -0.3 is 15.2 Å². The van der Waals surface area contributed by atoms with Gasteiger partial charge in [-0.1, -0.05) is 26.7 Å². The van der Waals surface area contributed by atoms with E-state index in [9.17, 15) is 0 Å². The van der Waals surface area contributed by atoms with E-state index in [1.165, 1.54) is 12.8 Å². The molecule has 110 valence electrons. The van der Waals surface area contributed by atoms with Crippen molar-refractivity contribution in [2.45, 2.75) is 33.2 Å². The third-order valence-corrected chi connectivity index (χ3v) is 3.16. The van der Waals surface area contributed by atoms with E-state index in [2.05, 4.69) is 39.7 Å². The minimum atomic E-state index is 0. The van der Waals surface area contributed by atoms with E-state index in [0.29, 0.717) is 12.5 Å². The zero-order valence-electron chi connectivity index (χ0n) is 12.2. The summed E-state index contributed by atoms with van der Waals surface area (Å²) in [6, 6.07) is 0. The Morgan fingerprint density at radius 1 is 1.37 bits per heavy atom. The fraction of sp³-hybridized carbons (Fsp3) is 0.750. The Bertz CT molecular complexity index is 372. The predicted molar refractivity (Wildman–Crippen MR) is 88.7 cm³/mol. The fourth-order valence-electron chi connectivity index (χ4n) is 1.67. The number of nitrogens with zero attached hydrogens (tertiary/aromatic N) is 4. The Hall–Kier alpha value is -0.860. The van der Waals surface area contributed by atoms with Crippen molar-refractivity contribution in [3.63, 3.8) is 0 Å². The van der Waals surface area contributed by atoms with Crippen molar-refractivity contribution in [3.05, 3.63) is 12.2 Å². The van der Waals surface area contributed by atoms with Crippen LogP contribution in [0.4, 0.5) is 0 Å². The summed E-state index contributed by atoms with van der Waals surface area (Å²) < 4.78 is 1.89. The van der Waals surface area contributed by atoms with Crippen molar-refractivity contribution in [2.24, 2.45) is 18.0 Å². The molecular weight excluding hydrogens is 355 g/mol. The van der Waals surface area contributed by atoms with Crippen LogP contribution in [-0.2, 0) is 13.6 Å². The summed E-state index contributed by atoms with van der Waals surface area (Å²) in [5.41, 5.74) is 0. The smallest absolute Gasteiger partial charge is 0.191 e. The van der Waals surface area contributed by atoms with E-state index in [4.69, 9.17) is 0 Å². The van der Waals surface area contributed by atoms with E-state index in [-0.39, 0.29) is 24.0 Å². The number of hydrogen-bond donors (Lipinski definition) is 2. The first kappa shape index (κ1) is 18.1. The van der Waals surface area contributed by atoms with Crippen LogP contribution in [0.3, 0.4) is 0 Å². The summed E-state index contributed by atoms with van der Waals surface area (Å²) >= 11 is 0. The number of aryl methyl sites for hydroxylation is 1. The second kappa shape index (κ2) is 9.99. The molecule has 19 heavy (non-hydrogen) atoms. The van der Waals surface area contributed by atoms with E-state index in [1.807, 2.05) is 11.6 Å². The lowest BCUT2D eigenvalue weighted by molar-refractivity contribution is 0.481. The van der Waals surface area contributed by atoms with E-state index >= 15 is 0 Å². The molecule has 0 amide bonds. The summed E-state index contributed by atoms with van der Waals surface area (Å²) in [5, 5.41) is 14.4. The maximum Gasteiger partial charge on any atom is 0.191 e. The average molecular weight is 380 g/mol. The molecule has 2 N–H and O–H groups in total. The Balaban J connectivity index is 0.00000324. The van der Waals surface area contributed by atoms with Gasteiger partial charge in [0, 0.05) is 20.6 Å². The van der Waals surface area contributed by atoms with Gasteiger partial charge in [-0.3, -0.25) is 4.99 Å². The molecule has 0 fully saturated rings. The number of aromatic nitrogens is 3. The molecule has 0 bridgehead atoms. The van der Waals surface area contributed by atoms with Crippen molar-refractivity contribution in [1.29, 1.82) is 0 Å². The SMILES string of the molecule is CCC(CC)CNC(=NC)NCc1nncn1C.I. The molecule has 0 unspecified atom stereocenters. The summed E-state index contributed by atoms with van der Waals surface area (Å²) in [6.45, 7) is 6.00. The van der Waals surface area contributed by atoms with Gasteiger partial charge in [0.25, 0.3) is 0 Å². The number of hydrogen-bond acceptors (Lipinski definition) is 3. The first-order chi connectivity index (χ1) is 8.71. The molecule has 0 aromatic carbocycles. The van der Waals surface area contributed by atoms with Crippen molar-refractivity contribution < 1.29 is 0 Å². The van der Waals surface area contributed by atoms with Crippen molar-refractivity contribution in [1.82, 2.24) is 25.4 Å². The number of guanidine groups is 1. The zero-order chi connectivity index (χ0) is 13.4. The molecular formula is C12H25IN6. The third-order valence-electron chi connectivity index (χ3n) is 3.16. The minimum absolute atomic E-state index is 0. The van der Waals surface area contributed by atoms with E-state index in [1.54, 1.807) is 13.4 Å². The molecule has 0 aliphatic carbocycles. The molecule has 0 aliphatic heterocycles. The molecule has 0 saturated carbocycles.